The van der Waals surface area contributed by atoms with Crippen LogP contribution in [0.1, 0.15) is 18.5 Å². The topological polar surface area (TPSA) is 38.9 Å². The zero-order valence-corrected chi connectivity index (χ0v) is 9.12. The number of benzene rings is 1. The Balaban J connectivity index is 2.34. The van der Waals surface area contributed by atoms with E-state index >= 15 is 0 Å². The van der Waals surface area contributed by atoms with Crippen LogP contribution in [0.2, 0.25) is 0 Å². The van der Waals surface area contributed by atoms with Crippen LogP contribution >= 0.6 is 0 Å². The quantitative estimate of drug-likeness (QED) is 0.801. The molecular formula is C13H15FN2. The fourth-order valence-electron chi connectivity index (χ4n) is 1.87. The van der Waals surface area contributed by atoms with E-state index in [2.05, 4.69) is 4.98 Å². The van der Waals surface area contributed by atoms with Crippen molar-refractivity contribution >= 4 is 10.8 Å². The molecule has 0 atom stereocenters. The lowest BCUT2D eigenvalue weighted by Crippen LogP contribution is -2.00. The maximum Gasteiger partial charge on any atom is 0.131 e. The van der Waals surface area contributed by atoms with E-state index in [1.165, 1.54) is 6.07 Å². The number of hydrogen-bond donors (Lipinski definition) is 1. The van der Waals surface area contributed by atoms with Gasteiger partial charge in [0.05, 0.1) is 0 Å². The van der Waals surface area contributed by atoms with Crippen LogP contribution in [0, 0.1) is 5.82 Å². The first-order chi connectivity index (χ1) is 7.83. The number of rotatable bonds is 4. The minimum absolute atomic E-state index is 0.181. The van der Waals surface area contributed by atoms with Gasteiger partial charge in [-0.25, -0.2) is 4.39 Å². The zero-order valence-electron chi connectivity index (χ0n) is 9.12. The number of aryl methyl sites for hydroxylation is 1. The fourth-order valence-corrected chi connectivity index (χ4v) is 1.87. The SMILES string of the molecule is NCCCCc1nccc2c(F)cccc12. The molecule has 0 aliphatic rings. The van der Waals surface area contributed by atoms with E-state index in [9.17, 15) is 4.39 Å². The normalized spacial score (nSPS) is 10.9. The van der Waals surface area contributed by atoms with Crippen molar-refractivity contribution in [3.8, 4) is 0 Å². The smallest absolute Gasteiger partial charge is 0.131 e. The number of pyridine rings is 1. The molecule has 2 aromatic rings. The maximum absolute atomic E-state index is 13.5. The standard InChI is InChI=1S/C13H15FN2/c14-12-5-3-4-11-10(12)7-9-16-13(11)6-1-2-8-15/h3-5,7,9H,1-2,6,8,15H2. The molecule has 3 heteroatoms. The predicted molar refractivity (Wildman–Crippen MR) is 63.7 cm³/mol. The van der Waals surface area contributed by atoms with Crippen molar-refractivity contribution in [1.82, 2.24) is 4.98 Å². The summed E-state index contributed by atoms with van der Waals surface area (Å²) in [5, 5.41) is 1.57. The predicted octanol–water partition coefficient (Wildman–Crippen LogP) is 2.66. The van der Waals surface area contributed by atoms with Gasteiger partial charge >= 0.3 is 0 Å². The zero-order chi connectivity index (χ0) is 11.4. The molecule has 2 rings (SSSR count). The molecule has 0 unspecified atom stereocenters. The first-order valence-corrected chi connectivity index (χ1v) is 5.55. The molecule has 1 aromatic heterocycles. The van der Waals surface area contributed by atoms with Crippen molar-refractivity contribution in [2.45, 2.75) is 19.3 Å². The van der Waals surface area contributed by atoms with Gasteiger partial charge in [-0.1, -0.05) is 12.1 Å². The summed E-state index contributed by atoms with van der Waals surface area (Å²) in [6.45, 7) is 0.694. The van der Waals surface area contributed by atoms with E-state index in [4.69, 9.17) is 5.73 Å². The summed E-state index contributed by atoms with van der Waals surface area (Å²) in [6, 6.07) is 6.85. The molecule has 1 aromatic carbocycles. The van der Waals surface area contributed by atoms with E-state index in [0.29, 0.717) is 11.9 Å². The lowest BCUT2D eigenvalue weighted by Gasteiger charge is -2.05. The minimum Gasteiger partial charge on any atom is -0.330 e. The highest BCUT2D eigenvalue weighted by atomic mass is 19.1. The van der Waals surface area contributed by atoms with Gasteiger partial charge in [0.25, 0.3) is 0 Å². The Bertz CT molecular complexity index is 482. The molecule has 1 heterocycles. The lowest BCUT2D eigenvalue weighted by molar-refractivity contribution is 0.639. The molecule has 0 fully saturated rings. The third kappa shape index (κ3) is 2.19. The molecule has 2 N–H and O–H groups in total. The van der Waals surface area contributed by atoms with Crippen molar-refractivity contribution in [3.05, 3.63) is 42.0 Å². The molecule has 16 heavy (non-hydrogen) atoms. The summed E-state index contributed by atoms with van der Waals surface area (Å²) in [7, 11) is 0. The van der Waals surface area contributed by atoms with E-state index in [1.807, 2.05) is 6.07 Å². The second-order valence-corrected chi connectivity index (χ2v) is 3.84. The first-order valence-electron chi connectivity index (χ1n) is 5.55. The van der Waals surface area contributed by atoms with Gasteiger partial charge < -0.3 is 5.73 Å². The van der Waals surface area contributed by atoms with Gasteiger partial charge in [-0.3, -0.25) is 4.98 Å². The number of fused-ring (bicyclic) bond motifs is 1. The minimum atomic E-state index is -0.181. The number of unbranched alkanes of at least 4 members (excludes halogenated alkanes) is 1. The number of nitrogens with two attached hydrogens (primary N) is 1. The Hall–Kier alpha value is -1.48. The summed E-state index contributed by atoms with van der Waals surface area (Å²) >= 11 is 0. The van der Waals surface area contributed by atoms with Gasteiger partial charge in [0.2, 0.25) is 0 Å². The molecule has 0 saturated carbocycles. The Morgan fingerprint density at radius 1 is 1.12 bits per heavy atom. The molecule has 0 saturated heterocycles. The monoisotopic (exact) mass is 218 g/mol. The van der Waals surface area contributed by atoms with E-state index in [0.717, 1.165) is 30.3 Å². The summed E-state index contributed by atoms with van der Waals surface area (Å²) in [4.78, 5) is 4.31. The third-order valence-corrected chi connectivity index (χ3v) is 2.70. The molecule has 0 spiro atoms. The van der Waals surface area contributed by atoms with Crippen LogP contribution in [-0.2, 0) is 6.42 Å². The Morgan fingerprint density at radius 3 is 2.81 bits per heavy atom. The number of halogens is 1. The first kappa shape index (κ1) is 11.0. The average molecular weight is 218 g/mol. The van der Waals surface area contributed by atoms with Crippen LogP contribution in [0.3, 0.4) is 0 Å². The second-order valence-electron chi connectivity index (χ2n) is 3.84. The highest BCUT2D eigenvalue weighted by Crippen LogP contribution is 2.20. The van der Waals surface area contributed by atoms with Gasteiger partial charge in [-0.05, 0) is 37.9 Å². The highest BCUT2D eigenvalue weighted by molar-refractivity contribution is 5.84. The summed E-state index contributed by atoms with van der Waals surface area (Å²) < 4.78 is 13.5. The molecule has 0 amide bonds. The van der Waals surface area contributed by atoms with Gasteiger partial charge in [0, 0.05) is 22.7 Å². The van der Waals surface area contributed by atoms with Crippen molar-refractivity contribution < 1.29 is 4.39 Å². The van der Waals surface area contributed by atoms with Crippen LogP contribution in [0.25, 0.3) is 10.8 Å². The molecule has 0 aliphatic heterocycles. The van der Waals surface area contributed by atoms with Gasteiger partial charge in [0.1, 0.15) is 5.82 Å². The van der Waals surface area contributed by atoms with Crippen molar-refractivity contribution in [3.63, 3.8) is 0 Å². The van der Waals surface area contributed by atoms with E-state index in [-0.39, 0.29) is 5.82 Å². The van der Waals surface area contributed by atoms with Crippen LogP contribution in [-0.4, -0.2) is 11.5 Å². The molecular weight excluding hydrogens is 203 g/mol. The van der Waals surface area contributed by atoms with Gasteiger partial charge in [-0.2, -0.15) is 0 Å². The molecule has 0 radical (unpaired) electrons. The summed E-state index contributed by atoms with van der Waals surface area (Å²) in [5.41, 5.74) is 6.41. The lowest BCUT2D eigenvalue weighted by atomic mass is 10.1. The van der Waals surface area contributed by atoms with Crippen molar-refractivity contribution in [2.24, 2.45) is 5.73 Å². The van der Waals surface area contributed by atoms with E-state index < -0.39 is 0 Å². The van der Waals surface area contributed by atoms with Crippen molar-refractivity contribution in [2.75, 3.05) is 6.54 Å². The van der Waals surface area contributed by atoms with Crippen LogP contribution in [0.5, 0.6) is 0 Å². The highest BCUT2D eigenvalue weighted by Gasteiger charge is 2.05. The van der Waals surface area contributed by atoms with Crippen molar-refractivity contribution in [1.29, 1.82) is 0 Å². The summed E-state index contributed by atoms with van der Waals surface area (Å²) in [5.74, 6) is -0.181. The second kappa shape index (κ2) is 5.03. The van der Waals surface area contributed by atoms with E-state index in [1.54, 1.807) is 18.3 Å². The van der Waals surface area contributed by atoms with Gasteiger partial charge in [0.15, 0.2) is 0 Å². The number of aromatic nitrogens is 1. The van der Waals surface area contributed by atoms with Gasteiger partial charge in [-0.15, -0.1) is 0 Å². The average Bonchev–Trinajstić information content (AvgIpc) is 2.31. The number of nitrogens with zero attached hydrogens (tertiary/aromatic N) is 1. The Kier molecular flexibility index (Phi) is 3.47. The molecule has 0 bridgehead atoms. The molecule has 0 aliphatic carbocycles. The largest absolute Gasteiger partial charge is 0.330 e. The Morgan fingerprint density at radius 2 is 2.00 bits per heavy atom. The fraction of sp³-hybridized carbons (Fsp3) is 0.308. The third-order valence-electron chi connectivity index (χ3n) is 2.70. The maximum atomic E-state index is 13.5. The van der Waals surface area contributed by atoms with Crippen LogP contribution in [0.15, 0.2) is 30.5 Å². The number of hydrogen-bond acceptors (Lipinski definition) is 2. The molecule has 84 valence electrons. The molecule has 2 nitrogen and oxygen atoms in total. The Labute approximate surface area is 94.3 Å². The summed E-state index contributed by atoms with van der Waals surface area (Å²) in [6.07, 6.45) is 4.51. The van der Waals surface area contributed by atoms with Crippen LogP contribution in [0.4, 0.5) is 4.39 Å². The van der Waals surface area contributed by atoms with Crippen LogP contribution < -0.4 is 5.73 Å².